The van der Waals surface area contributed by atoms with E-state index in [9.17, 15) is 14.4 Å². The zero-order valence-corrected chi connectivity index (χ0v) is 13.9. The van der Waals surface area contributed by atoms with Crippen LogP contribution in [0.25, 0.3) is 0 Å². The average molecular weight is 342 g/mol. The molecule has 0 aliphatic heterocycles. The van der Waals surface area contributed by atoms with E-state index < -0.39 is 11.9 Å². The van der Waals surface area contributed by atoms with Gasteiger partial charge in [-0.25, -0.2) is 4.79 Å². The van der Waals surface area contributed by atoms with Crippen LogP contribution in [0.15, 0.2) is 48.5 Å². The Bertz CT molecular complexity index is 771. The summed E-state index contributed by atoms with van der Waals surface area (Å²) in [6.07, 6.45) is 0. The van der Waals surface area contributed by atoms with E-state index in [1.54, 1.807) is 48.5 Å². The second-order valence-electron chi connectivity index (χ2n) is 5.07. The highest BCUT2D eigenvalue weighted by Crippen LogP contribution is 2.25. The van der Waals surface area contributed by atoms with Gasteiger partial charge in [0.15, 0.2) is 11.5 Å². The maximum atomic E-state index is 12.0. The van der Waals surface area contributed by atoms with Gasteiger partial charge in [0, 0.05) is 18.2 Å². The molecule has 2 aromatic rings. The van der Waals surface area contributed by atoms with Crippen LogP contribution >= 0.6 is 0 Å². The number of amides is 2. The lowest BCUT2D eigenvalue weighted by molar-refractivity contribution is -0.133. The van der Waals surface area contributed by atoms with Crippen molar-refractivity contribution in [1.82, 2.24) is 5.32 Å². The van der Waals surface area contributed by atoms with Crippen LogP contribution in [-0.2, 0) is 9.59 Å². The highest BCUT2D eigenvalue weighted by atomic mass is 16.6. The van der Waals surface area contributed by atoms with Crippen molar-refractivity contribution in [2.24, 2.45) is 0 Å². The second-order valence-corrected chi connectivity index (χ2v) is 5.07. The van der Waals surface area contributed by atoms with Gasteiger partial charge in [0.05, 0.1) is 7.11 Å². The summed E-state index contributed by atoms with van der Waals surface area (Å²) >= 11 is 0. The van der Waals surface area contributed by atoms with E-state index in [0.717, 1.165) is 0 Å². The highest BCUT2D eigenvalue weighted by molar-refractivity contribution is 5.97. The summed E-state index contributed by atoms with van der Waals surface area (Å²) in [6.45, 7) is 1.11. The Labute approximate surface area is 144 Å². The van der Waals surface area contributed by atoms with Crippen molar-refractivity contribution in [3.63, 3.8) is 0 Å². The summed E-state index contributed by atoms with van der Waals surface area (Å²) < 4.78 is 10.2. The molecule has 2 N–H and O–H groups in total. The minimum Gasteiger partial charge on any atom is -0.493 e. The first-order valence-electron chi connectivity index (χ1n) is 7.49. The molecule has 0 aliphatic rings. The van der Waals surface area contributed by atoms with E-state index in [1.807, 2.05) is 0 Å². The standard InChI is InChI=1S/C18H18N2O5/c1-12(21)20-14-9-7-13(8-10-14)18(23)19-11-17(22)25-16-6-4-3-5-15(16)24-2/h3-10H,11H2,1-2H3,(H,19,23)(H,20,21). The molecule has 2 aromatic carbocycles. The number of rotatable bonds is 6. The van der Waals surface area contributed by atoms with Gasteiger partial charge in [-0.2, -0.15) is 0 Å². The van der Waals surface area contributed by atoms with Gasteiger partial charge in [-0.15, -0.1) is 0 Å². The number of methoxy groups -OCH3 is 1. The Morgan fingerprint density at radius 1 is 0.960 bits per heavy atom. The van der Waals surface area contributed by atoms with Crippen molar-refractivity contribution in [2.45, 2.75) is 6.92 Å². The lowest BCUT2D eigenvalue weighted by Crippen LogP contribution is -2.31. The number of carbonyl (C=O) groups excluding carboxylic acids is 3. The number of carbonyl (C=O) groups is 3. The molecule has 7 heteroatoms. The quantitative estimate of drug-likeness (QED) is 0.618. The SMILES string of the molecule is COc1ccccc1OC(=O)CNC(=O)c1ccc(NC(C)=O)cc1. The fourth-order valence-electron chi connectivity index (χ4n) is 2.02. The van der Waals surface area contributed by atoms with Crippen molar-refractivity contribution in [3.05, 3.63) is 54.1 Å². The third-order valence-electron chi connectivity index (χ3n) is 3.15. The molecule has 130 valence electrons. The minimum atomic E-state index is -0.618. The van der Waals surface area contributed by atoms with Crippen molar-refractivity contribution in [1.29, 1.82) is 0 Å². The first kappa shape index (κ1) is 18.0. The number of hydrogen-bond acceptors (Lipinski definition) is 5. The molecule has 0 bridgehead atoms. The van der Waals surface area contributed by atoms with Gasteiger partial charge < -0.3 is 20.1 Å². The van der Waals surface area contributed by atoms with Crippen molar-refractivity contribution < 1.29 is 23.9 Å². The summed E-state index contributed by atoms with van der Waals surface area (Å²) in [7, 11) is 1.47. The molecule has 0 aromatic heterocycles. The average Bonchev–Trinajstić information content (AvgIpc) is 2.60. The topological polar surface area (TPSA) is 93.7 Å². The molecule has 0 saturated heterocycles. The number of para-hydroxylation sites is 2. The molecule has 7 nitrogen and oxygen atoms in total. The normalized spacial score (nSPS) is 9.84. The number of hydrogen-bond donors (Lipinski definition) is 2. The lowest BCUT2D eigenvalue weighted by Gasteiger charge is -2.09. The molecule has 0 saturated carbocycles. The van der Waals surface area contributed by atoms with E-state index in [4.69, 9.17) is 9.47 Å². The largest absolute Gasteiger partial charge is 0.493 e. The molecule has 0 radical (unpaired) electrons. The first-order chi connectivity index (χ1) is 12.0. The Balaban J connectivity index is 1.88. The number of ether oxygens (including phenoxy) is 2. The highest BCUT2D eigenvalue weighted by Gasteiger charge is 2.12. The Morgan fingerprint density at radius 3 is 2.20 bits per heavy atom. The molecule has 2 amide bonds. The van der Waals surface area contributed by atoms with Crippen LogP contribution < -0.4 is 20.1 Å². The van der Waals surface area contributed by atoms with Gasteiger partial charge in [0.2, 0.25) is 5.91 Å². The van der Waals surface area contributed by atoms with Gasteiger partial charge in [0.25, 0.3) is 5.91 Å². The molecule has 0 atom stereocenters. The molecule has 0 aliphatic carbocycles. The first-order valence-corrected chi connectivity index (χ1v) is 7.49. The molecular formula is C18H18N2O5. The number of nitrogens with one attached hydrogen (secondary N) is 2. The molecule has 0 fully saturated rings. The maximum Gasteiger partial charge on any atom is 0.330 e. The number of esters is 1. The van der Waals surface area contributed by atoms with Crippen LogP contribution in [0.4, 0.5) is 5.69 Å². The second kappa shape index (κ2) is 8.49. The van der Waals surface area contributed by atoms with Crippen molar-refractivity contribution in [2.75, 3.05) is 19.0 Å². The van der Waals surface area contributed by atoms with E-state index in [2.05, 4.69) is 10.6 Å². The van der Waals surface area contributed by atoms with Crippen LogP contribution in [-0.4, -0.2) is 31.4 Å². The summed E-state index contributed by atoms with van der Waals surface area (Å²) in [6, 6.07) is 13.0. The predicted molar refractivity (Wildman–Crippen MR) is 91.7 cm³/mol. The number of anilines is 1. The van der Waals surface area contributed by atoms with Crippen molar-refractivity contribution >= 4 is 23.5 Å². The zero-order chi connectivity index (χ0) is 18.2. The van der Waals surface area contributed by atoms with Crippen LogP contribution in [0.5, 0.6) is 11.5 Å². The van der Waals surface area contributed by atoms with Gasteiger partial charge in [-0.1, -0.05) is 12.1 Å². The molecule has 0 heterocycles. The van der Waals surface area contributed by atoms with E-state index in [-0.39, 0.29) is 18.2 Å². The van der Waals surface area contributed by atoms with Gasteiger partial charge in [0.1, 0.15) is 6.54 Å². The van der Waals surface area contributed by atoms with Crippen LogP contribution in [0, 0.1) is 0 Å². The van der Waals surface area contributed by atoms with Crippen LogP contribution in [0.1, 0.15) is 17.3 Å². The molecule has 0 unspecified atom stereocenters. The zero-order valence-electron chi connectivity index (χ0n) is 13.9. The van der Waals surface area contributed by atoms with Crippen molar-refractivity contribution in [3.8, 4) is 11.5 Å². The predicted octanol–water partition coefficient (Wildman–Crippen LogP) is 1.99. The smallest absolute Gasteiger partial charge is 0.330 e. The third-order valence-corrected chi connectivity index (χ3v) is 3.15. The van der Waals surface area contributed by atoms with Crippen LogP contribution in [0.3, 0.4) is 0 Å². The van der Waals surface area contributed by atoms with E-state index in [0.29, 0.717) is 17.0 Å². The van der Waals surface area contributed by atoms with Gasteiger partial charge in [-0.05, 0) is 36.4 Å². The number of benzene rings is 2. The summed E-state index contributed by atoms with van der Waals surface area (Å²) in [4.78, 5) is 34.8. The molecule has 25 heavy (non-hydrogen) atoms. The molecule has 0 spiro atoms. The fourth-order valence-corrected chi connectivity index (χ4v) is 2.02. The lowest BCUT2D eigenvalue weighted by atomic mass is 10.2. The minimum absolute atomic E-state index is 0.198. The van der Waals surface area contributed by atoms with Crippen LogP contribution in [0.2, 0.25) is 0 Å². The van der Waals surface area contributed by atoms with E-state index >= 15 is 0 Å². The third kappa shape index (κ3) is 5.35. The fraction of sp³-hybridized carbons (Fsp3) is 0.167. The molecule has 2 rings (SSSR count). The summed E-state index contributed by atoms with van der Waals surface area (Å²) in [5.74, 6) is -0.532. The molecular weight excluding hydrogens is 324 g/mol. The Hall–Kier alpha value is -3.35. The Kier molecular flexibility index (Phi) is 6.11. The monoisotopic (exact) mass is 342 g/mol. The Morgan fingerprint density at radius 2 is 1.60 bits per heavy atom. The van der Waals surface area contributed by atoms with Gasteiger partial charge in [-0.3, -0.25) is 9.59 Å². The maximum absolute atomic E-state index is 12.0. The summed E-state index contributed by atoms with van der Waals surface area (Å²) in [5, 5.41) is 5.08. The summed E-state index contributed by atoms with van der Waals surface area (Å²) in [5.41, 5.74) is 0.943. The van der Waals surface area contributed by atoms with E-state index in [1.165, 1.54) is 14.0 Å². The van der Waals surface area contributed by atoms with Gasteiger partial charge >= 0.3 is 5.97 Å².